The zero-order valence-corrected chi connectivity index (χ0v) is 15.7. The first-order valence-corrected chi connectivity index (χ1v) is 9.38. The Hall–Kier alpha value is -1.65. The summed E-state index contributed by atoms with van der Waals surface area (Å²) in [5, 5.41) is 4.27. The molecule has 2 aromatic rings. The average Bonchev–Trinajstić information content (AvgIpc) is 3.10. The van der Waals surface area contributed by atoms with Crippen molar-refractivity contribution in [2.75, 3.05) is 11.9 Å². The van der Waals surface area contributed by atoms with Crippen LogP contribution in [-0.2, 0) is 6.54 Å². The largest absolute Gasteiger partial charge is 0.490 e. The van der Waals surface area contributed by atoms with E-state index in [1.165, 1.54) is 12.8 Å². The second-order valence-corrected chi connectivity index (χ2v) is 6.88. The minimum absolute atomic E-state index is 0.284. The number of aromatic nitrogens is 1. The van der Waals surface area contributed by atoms with Crippen LogP contribution < -0.4 is 14.8 Å². The average molecular weight is 381 g/mol. The van der Waals surface area contributed by atoms with E-state index in [1.807, 2.05) is 25.1 Å². The number of anilines is 1. The molecule has 3 rings (SSSR count). The van der Waals surface area contributed by atoms with Crippen molar-refractivity contribution in [2.45, 2.75) is 45.3 Å². The summed E-state index contributed by atoms with van der Waals surface area (Å²) in [5.41, 5.74) is 1.76. The van der Waals surface area contributed by atoms with Crippen molar-refractivity contribution in [1.82, 2.24) is 4.98 Å². The normalized spacial score (nSPS) is 14.5. The fourth-order valence-electron chi connectivity index (χ4n) is 2.99. The predicted molar refractivity (Wildman–Crippen MR) is 102 cm³/mol. The number of hydrogen-bond donors (Lipinski definition) is 1. The highest BCUT2D eigenvalue weighted by atomic mass is 35.5. The first kappa shape index (κ1) is 18.2. The van der Waals surface area contributed by atoms with Crippen molar-refractivity contribution in [2.24, 2.45) is 0 Å². The van der Waals surface area contributed by atoms with Gasteiger partial charge in [0.1, 0.15) is 0 Å². The lowest BCUT2D eigenvalue weighted by atomic mass is 10.2. The molecule has 1 heterocycles. The number of pyridine rings is 1. The number of nitrogens with one attached hydrogen (secondary N) is 1. The van der Waals surface area contributed by atoms with E-state index in [0.717, 1.165) is 29.9 Å². The van der Waals surface area contributed by atoms with E-state index < -0.39 is 0 Å². The number of nitrogens with zero attached hydrogens (tertiary/aromatic N) is 1. The molecule has 0 saturated heterocycles. The lowest BCUT2D eigenvalue weighted by Crippen LogP contribution is -2.12. The Morgan fingerprint density at radius 1 is 1.12 bits per heavy atom. The standard InChI is InChI=1S/C19H22Cl2N2O2/c1-2-24-17-8-7-13(9-18(17)25-14-5-3-4-6-14)10-23-19-15(20)11-22-12-16(19)21/h7-9,11-12,14H,2-6,10H2,1H3,(H,22,23). The molecule has 1 fully saturated rings. The fourth-order valence-corrected chi connectivity index (χ4v) is 3.48. The second-order valence-electron chi connectivity index (χ2n) is 6.07. The molecule has 134 valence electrons. The summed E-state index contributed by atoms with van der Waals surface area (Å²) in [5.74, 6) is 1.60. The number of benzene rings is 1. The zero-order chi connectivity index (χ0) is 17.6. The molecule has 0 unspecified atom stereocenters. The topological polar surface area (TPSA) is 43.4 Å². The maximum atomic E-state index is 6.18. The molecule has 25 heavy (non-hydrogen) atoms. The predicted octanol–water partition coefficient (Wildman–Crippen LogP) is 5.72. The highest BCUT2D eigenvalue weighted by molar-refractivity contribution is 6.38. The Labute approximate surface area is 158 Å². The van der Waals surface area contributed by atoms with Crippen LogP contribution in [0.4, 0.5) is 5.69 Å². The molecule has 6 heteroatoms. The molecule has 1 N–H and O–H groups in total. The Morgan fingerprint density at radius 2 is 1.84 bits per heavy atom. The van der Waals surface area contributed by atoms with Gasteiger partial charge in [-0.05, 0) is 50.3 Å². The first-order chi connectivity index (χ1) is 12.2. The molecular weight excluding hydrogens is 359 g/mol. The van der Waals surface area contributed by atoms with Crippen LogP contribution in [0.1, 0.15) is 38.2 Å². The molecule has 1 aromatic heterocycles. The molecule has 0 bridgehead atoms. The van der Waals surface area contributed by atoms with Crippen molar-refractivity contribution in [1.29, 1.82) is 0 Å². The molecule has 1 aliphatic rings. The van der Waals surface area contributed by atoms with Gasteiger partial charge in [0, 0.05) is 18.9 Å². The van der Waals surface area contributed by atoms with Gasteiger partial charge < -0.3 is 14.8 Å². The smallest absolute Gasteiger partial charge is 0.161 e. The Bertz CT molecular complexity index is 698. The third kappa shape index (κ3) is 4.71. The maximum absolute atomic E-state index is 6.18. The van der Waals surface area contributed by atoms with Gasteiger partial charge in [0.15, 0.2) is 11.5 Å². The molecular formula is C19H22Cl2N2O2. The van der Waals surface area contributed by atoms with E-state index in [-0.39, 0.29) is 6.10 Å². The Kier molecular flexibility index (Phi) is 6.27. The first-order valence-electron chi connectivity index (χ1n) is 8.62. The van der Waals surface area contributed by atoms with Crippen LogP contribution >= 0.6 is 23.2 Å². The third-order valence-electron chi connectivity index (χ3n) is 4.23. The summed E-state index contributed by atoms with van der Waals surface area (Å²) in [7, 11) is 0. The summed E-state index contributed by atoms with van der Waals surface area (Å²) < 4.78 is 11.9. The Balaban J connectivity index is 1.74. The van der Waals surface area contributed by atoms with Gasteiger partial charge in [-0.1, -0.05) is 29.3 Å². The van der Waals surface area contributed by atoms with Crippen LogP contribution in [0.3, 0.4) is 0 Å². The summed E-state index contributed by atoms with van der Waals surface area (Å²) in [4.78, 5) is 3.96. The summed E-state index contributed by atoms with van der Waals surface area (Å²) in [6.45, 7) is 3.17. The van der Waals surface area contributed by atoms with Crippen LogP contribution in [0.2, 0.25) is 10.0 Å². The number of hydrogen-bond acceptors (Lipinski definition) is 4. The van der Waals surface area contributed by atoms with E-state index in [4.69, 9.17) is 32.7 Å². The van der Waals surface area contributed by atoms with Gasteiger partial charge in [-0.2, -0.15) is 0 Å². The van der Waals surface area contributed by atoms with E-state index in [2.05, 4.69) is 10.3 Å². The minimum atomic E-state index is 0.284. The SMILES string of the molecule is CCOc1ccc(CNc2c(Cl)cncc2Cl)cc1OC1CCCC1. The molecule has 0 atom stereocenters. The summed E-state index contributed by atoms with van der Waals surface area (Å²) in [6, 6.07) is 6.00. The lowest BCUT2D eigenvalue weighted by molar-refractivity contribution is 0.196. The van der Waals surface area contributed by atoms with Crippen molar-refractivity contribution in [3.8, 4) is 11.5 Å². The summed E-state index contributed by atoms with van der Waals surface area (Å²) in [6.07, 6.45) is 8.10. The van der Waals surface area contributed by atoms with E-state index in [1.54, 1.807) is 12.4 Å². The molecule has 1 saturated carbocycles. The van der Waals surface area contributed by atoms with Crippen molar-refractivity contribution >= 4 is 28.9 Å². The van der Waals surface area contributed by atoms with E-state index in [0.29, 0.717) is 28.9 Å². The van der Waals surface area contributed by atoms with Gasteiger partial charge in [0.2, 0.25) is 0 Å². The molecule has 0 amide bonds. The number of halogens is 2. The van der Waals surface area contributed by atoms with Gasteiger partial charge >= 0.3 is 0 Å². The van der Waals surface area contributed by atoms with Crippen molar-refractivity contribution in [3.05, 3.63) is 46.2 Å². The molecule has 0 aliphatic heterocycles. The summed E-state index contributed by atoms with van der Waals surface area (Å²) >= 11 is 12.3. The van der Waals surface area contributed by atoms with Crippen LogP contribution in [0.25, 0.3) is 0 Å². The van der Waals surface area contributed by atoms with Crippen LogP contribution in [0, 0.1) is 0 Å². The second kappa shape index (κ2) is 8.63. The fraction of sp³-hybridized carbons (Fsp3) is 0.421. The monoisotopic (exact) mass is 380 g/mol. The number of ether oxygens (including phenoxy) is 2. The highest BCUT2D eigenvalue weighted by Gasteiger charge is 2.19. The molecule has 0 radical (unpaired) electrons. The quantitative estimate of drug-likeness (QED) is 0.666. The van der Waals surface area contributed by atoms with Crippen LogP contribution in [0.5, 0.6) is 11.5 Å². The maximum Gasteiger partial charge on any atom is 0.161 e. The van der Waals surface area contributed by atoms with Crippen molar-refractivity contribution in [3.63, 3.8) is 0 Å². The van der Waals surface area contributed by atoms with Gasteiger partial charge in [-0.3, -0.25) is 4.98 Å². The molecule has 0 spiro atoms. The third-order valence-corrected chi connectivity index (χ3v) is 4.80. The molecule has 4 nitrogen and oxygen atoms in total. The van der Waals surface area contributed by atoms with Crippen LogP contribution in [-0.4, -0.2) is 17.7 Å². The van der Waals surface area contributed by atoms with Gasteiger partial charge in [0.05, 0.1) is 28.4 Å². The minimum Gasteiger partial charge on any atom is -0.490 e. The van der Waals surface area contributed by atoms with E-state index in [9.17, 15) is 0 Å². The zero-order valence-electron chi connectivity index (χ0n) is 14.2. The van der Waals surface area contributed by atoms with Gasteiger partial charge in [-0.15, -0.1) is 0 Å². The van der Waals surface area contributed by atoms with Crippen molar-refractivity contribution < 1.29 is 9.47 Å². The van der Waals surface area contributed by atoms with Gasteiger partial charge in [-0.25, -0.2) is 0 Å². The number of rotatable bonds is 7. The van der Waals surface area contributed by atoms with Gasteiger partial charge in [0.25, 0.3) is 0 Å². The van der Waals surface area contributed by atoms with E-state index >= 15 is 0 Å². The molecule has 1 aromatic carbocycles. The lowest BCUT2D eigenvalue weighted by Gasteiger charge is -2.18. The molecule has 1 aliphatic carbocycles. The van der Waals surface area contributed by atoms with Crippen LogP contribution in [0.15, 0.2) is 30.6 Å². The highest BCUT2D eigenvalue weighted by Crippen LogP contribution is 2.34. The Morgan fingerprint density at radius 3 is 2.52 bits per heavy atom.